The number of aliphatic hydroxyl groups is 1. The summed E-state index contributed by atoms with van der Waals surface area (Å²) in [5.41, 5.74) is -0.628. The lowest BCUT2D eigenvalue weighted by Gasteiger charge is -2.43. The quantitative estimate of drug-likeness (QED) is 0.661. The summed E-state index contributed by atoms with van der Waals surface area (Å²) in [7, 11) is 1.74. The minimum Gasteiger partial charge on any atom is -0.393 e. The van der Waals surface area contributed by atoms with Crippen molar-refractivity contribution in [3.8, 4) is 0 Å². The molecule has 118 valence electrons. The Bertz CT molecular complexity index is 437. The molecule has 1 N–H and O–H groups in total. The Balaban J connectivity index is 1.68. The monoisotopic (exact) mass is 298 g/mol. The fraction of sp³-hybridized carbons (Fsp3) is 0.857. The lowest BCUT2D eigenvalue weighted by atomic mass is 9.81. The molecule has 1 aliphatic carbocycles. The largest absolute Gasteiger partial charge is 0.393 e. The number of rotatable bonds is 1. The maximum absolute atomic E-state index is 12.5. The number of hydrogen-bond donors (Lipinski definition) is 1. The molecule has 1 unspecified atom stereocenters. The number of aliphatic hydroxyl groups excluding tert-OH is 1. The predicted octanol–water partition coefficient (Wildman–Crippen LogP) is -1.16. The van der Waals surface area contributed by atoms with Gasteiger partial charge in [-0.3, -0.25) is 9.59 Å². The van der Waals surface area contributed by atoms with Crippen LogP contribution in [0, 0.1) is 5.92 Å². The van der Waals surface area contributed by atoms with E-state index >= 15 is 0 Å². The molecule has 1 spiro atoms. The highest BCUT2D eigenvalue weighted by molar-refractivity contribution is 5.80. The first-order valence-electron chi connectivity index (χ1n) is 7.42. The molecule has 0 aromatic carbocycles. The van der Waals surface area contributed by atoms with Gasteiger partial charge in [0, 0.05) is 19.5 Å². The second kappa shape index (κ2) is 5.55. The van der Waals surface area contributed by atoms with Crippen LogP contribution in [0.15, 0.2) is 0 Å². The van der Waals surface area contributed by atoms with Gasteiger partial charge in [-0.2, -0.15) is 0 Å². The van der Waals surface area contributed by atoms with E-state index in [-0.39, 0.29) is 30.4 Å². The van der Waals surface area contributed by atoms with E-state index in [0.29, 0.717) is 45.7 Å². The van der Waals surface area contributed by atoms with Gasteiger partial charge in [-0.15, -0.1) is 0 Å². The molecule has 1 saturated carbocycles. The summed E-state index contributed by atoms with van der Waals surface area (Å²) in [5, 5.41) is 9.36. The van der Waals surface area contributed by atoms with Crippen molar-refractivity contribution >= 4 is 11.8 Å². The summed E-state index contributed by atoms with van der Waals surface area (Å²) >= 11 is 0. The molecular formula is C14H22N2O5. The highest BCUT2D eigenvalue weighted by Gasteiger charge is 2.44. The Labute approximate surface area is 123 Å². The first-order chi connectivity index (χ1) is 9.99. The third-order valence-corrected chi connectivity index (χ3v) is 4.58. The van der Waals surface area contributed by atoms with Gasteiger partial charge >= 0.3 is 0 Å². The average Bonchev–Trinajstić information content (AvgIpc) is 2.62. The van der Waals surface area contributed by atoms with Gasteiger partial charge in [0.05, 0.1) is 32.4 Å². The smallest absolute Gasteiger partial charge is 0.248 e. The number of ether oxygens (including phenoxy) is 2. The van der Waals surface area contributed by atoms with Gasteiger partial charge in [0.2, 0.25) is 11.8 Å². The maximum atomic E-state index is 12.5. The van der Waals surface area contributed by atoms with Crippen LogP contribution >= 0.6 is 0 Å². The van der Waals surface area contributed by atoms with Gasteiger partial charge in [-0.05, 0) is 12.8 Å². The van der Waals surface area contributed by atoms with E-state index in [4.69, 9.17) is 9.47 Å². The van der Waals surface area contributed by atoms with E-state index in [1.165, 1.54) is 0 Å². The third kappa shape index (κ3) is 2.90. The molecule has 2 amide bonds. The van der Waals surface area contributed by atoms with Crippen molar-refractivity contribution < 1.29 is 24.2 Å². The van der Waals surface area contributed by atoms with E-state index in [0.717, 1.165) is 0 Å². The van der Waals surface area contributed by atoms with Crippen molar-refractivity contribution in [1.29, 1.82) is 0 Å². The lowest BCUT2D eigenvalue weighted by molar-refractivity contribution is -0.172. The first kappa shape index (κ1) is 14.7. The van der Waals surface area contributed by atoms with Gasteiger partial charge in [-0.1, -0.05) is 0 Å². The lowest BCUT2D eigenvalue weighted by Crippen LogP contribution is -2.60. The van der Waals surface area contributed by atoms with Crippen LogP contribution < -0.4 is 0 Å². The van der Waals surface area contributed by atoms with E-state index in [9.17, 15) is 14.7 Å². The Hall–Kier alpha value is -1.18. The van der Waals surface area contributed by atoms with Crippen molar-refractivity contribution in [2.75, 3.05) is 46.5 Å². The van der Waals surface area contributed by atoms with Crippen LogP contribution in [0.2, 0.25) is 0 Å². The second-order valence-corrected chi connectivity index (χ2v) is 6.36. The SMILES string of the molecule is CN1CC2(COCCN(C(=O)C3CC(O)C3)C2)OCC1=O. The minimum atomic E-state index is -0.628. The van der Waals surface area contributed by atoms with Crippen molar-refractivity contribution in [1.82, 2.24) is 9.80 Å². The van der Waals surface area contributed by atoms with Crippen LogP contribution in [0.4, 0.5) is 0 Å². The molecule has 3 aliphatic rings. The molecule has 0 aromatic rings. The Kier molecular flexibility index (Phi) is 3.90. The zero-order valence-electron chi connectivity index (χ0n) is 12.3. The van der Waals surface area contributed by atoms with Crippen LogP contribution in [-0.4, -0.2) is 84.9 Å². The zero-order valence-corrected chi connectivity index (χ0v) is 12.3. The molecular weight excluding hydrogens is 276 g/mol. The van der Waals surface area contributed by atoms with Crippen LogP contribution in [0.25, 0.3) is 0 Å². The molecule has 2 aliphatic heterocycles. The topological polar surface area (TPSA) is 79.3 Å². The number of amides is 2. The van der Waals surface area contributed by atoms with Gasteiger partial charge < -0.3 is 24.4 Å². The summed E-state index contributed by atoms with van der Waals surface area (Å²) in [6.45, 7) is 2.31. The van der Waals surface area contributed by atoms with Crippen LogP contribution in [-0.2, 0) is 19.1 Å². The fourth-order valence-corrected chi connectivity index (χ4v) is 3.22. The molecule has 0 aromatic heterocycles. The Morgan fingerprint density at radius 1 is 1.38 bits per heavy atom. The summed E-state index contributed by atoms with van der Waals surface area (Å²) in [6.07, 6.45) is 0.746. The molecule has 7 heteroatoms. The fourth-order valence-electron chi connectivity index (χ4n) is 3.22. The molecule has 0 bridgehead atoms. The van der Waals surface area contributed by atoms with Crippen LogP contribution in [0.1, 0.15) is 12.8 Å². The molecule has 21 heavy (non-hydrogen) atoms. The molecule has 1 atom stereocenters. The molecule has 2 heterocycles. The maximum Gasteiger partial charge on any atom is 0.248 e. The van der Waals surface area contributed by atoms with E-state index in [2.05, 4.69) is 0 Å². The Morgan fingerprint density at radius 3 is 2.81 bits per heavy atom. The third-order valence-electron chi connectivity index (χ3n) is 4.58. The second-order valence-electron chi connectivity index (χ2n) is 6.36. The van der Waals surface area contributed by atoms with Gasteiger partial charge in [0.1, 0.15) is 12.2 Å². The van der Waals surface area contributed by atoms with Gasteiger partial charge in [0.15, 0.2) is 0 Å². The Morgan fingerprint density at radius 2 is 2.14 bits per heavy atom. The number of carbonyl (C=O) groups excluding carboxylic acids is 2. The number of hydrogen-bond acceptors (Lipinski definition) is 5. The normalized spacial score (nSPS) is 37.3. The number of carbonyl (C=O) groups is 2. The summed E-state index contributed by atoms with van der Waals surface area (Å²) < 4.78 is 11.3. The number of likely N-dealkylation sites (N-methyl/N-ethyl adjacent to an activating group) is 1. The summed E-state index contributed by atoms with van der Waals surface area (Å²) in [5.74, 6) is -0.0729. The summed E-state index contributed by atoms with van der Waals surface area (Å²) in [4.78, 5) is 27.5. The first-order valence-corrected chi connectivity index (χ1v) is 7.42. The molecule has 0 radical (unpaired) electrons. The average molecular weight is 298 g/mol. The molecule has 3 rings (SSSR count). The number of nitrogens with zero attached hydrogens (tertiary/aromatic N) is 2. The zero-order chi connectivity index (χ0) is 15.0. The highest BCUT2D eigenvalue weighted by atomic mass is 16.6. The van der Waals surface area contributed by atoms with Crippen molar-refractivity contribution in [3.05, 3.63) is 0 Å². The van der Waals surface area contributed by atoms with Crippen molar-refractivity contribution in [2.24, 2.45) is 5.92 Å². The van der Waals surface area contributed by atoms with Gasteiger partial charge in [0.25, 0.3) is 0 Å². The highest BCUT2D eigenvalue weighted by Crippen LogP contribution is 2.31. The van der Waals surface area contributed by atoms with Crippen molar-refractivity contribution in [3.63, 3.8) is 0 Å². The van der Waals surface area contributed by atoms with Gasteiger partial charge in [-0.25, -0.2) is 0 Å². The van der Waals surface area contributed by atoms with Crippen LogP contribution in [0.5, 0.6) is 0 Å². The molecule has 7 nitrogen and oxygen atoms in total. The minimum absolute atomic E-state index is 0.0318. The predicted molar refractivity (Wildman–Crippen MR) is 72.4 cm³/mol. The summed E-state index contributed by atoms with van der Waals surface area (Å²) in [6, 6.07) is 0. The molecule has 3 fully saturated rings. The van der Waals surface area contributed by atoms with Crippen molar-refractivity contribution in [2.45, 2.75) is 24.5 Å². The van der Waals surface area contributed by atoms with E-state index < -0.39 is 5.60 Å². The number of morpholine rings is 1. The van der Waals surface area contributed by atoms with E-state index in [1.807, 2.05) is 0 Å². The van der Waals surface area contributed by atoms with E-state index in [1.54, 1.807) is 16.8 Å². The standard InChI is InChI=1S/C14H22N2O5/c1-15-7-14(21-6-12(15)18)8-16(2-3-20-9-14)13(19)10-4-11(17)5-10/h10-11,17H,2-9H2,1H3. The van der Waals surface area contributed by atoms with Crippen LogP contribution in [0.3, 0.4) is 0 Å². The molecule has 2 saturated heterocycles.